The molecule has 2 aromatic carbocycles. The summed E-state index contributed by atoms with van der Waals surface area (Å²) in [5.74, 6) is 0. The normalized spacial score (nSPS) is 10.9. The molecular formula is C40H70Fe. The SMILES string of the molecule is CCCCCc1c(CCCCC)c(CCCCC)[c-](CCCCC)c1CCCCC.CCCCCc1ccc[cH-]1.[Fe+2]. The van der Waals surface area contributed by atoms with Gasteiger partial charge in [0.25, 0.3) is 0 Å². The molecular weight excluding hydrogens is 536 g/mol. The summed E-state index contributed by atoms with van der Waals surface area (Å²) in [6.45, 7) is 14.0. The van der Waals surface area contributed by atoms with Gasteiger partial charge in [0, 0.05) is 0 Å². The molecule has 0 atom stereocenters. The van der Waals surface area contributed by atoms with Crippen molar-refractivity contribution in [3.05, 3.63) is 57.6 Å². The molecule has 0 aliphatic heterocycles. The maximum atomic E-state index is 2.35. The predicted molar refractivity (Wildman–Crippen MR) is 183 cm³/mol. The van der Waals surface area contributed by atoms with Gasteiger partial charge in [0.05, 0.1) is 0 Å². The van der Waals surface area contributed by atoms with E-state index in [0.717, 1.165) is 0 Å². The molecule has 2 aromatic rings. The summed E-state index contributed by atoms with van der Waals surface area (Å²) >= 11 is 0. The average molecular weight is 607 g/mol. The molecule has 2 rings (SSSR count). The van der Waals surface area contributed by atoms with Crippen molar-refractivity contribution in [3.63, 3.8) is 0 Å². The quantitative estimate of drug-likeness (QED) is 0.0633. The third kappa shape index (κ3) is 17.2. The van der Waals surface area contributed by atoms with E-state index >= 15 is 0 Å². The number of aryl methyl sites for hydroxylation is 1. The van der Waals surface area contributed by atoms with Crippen molar-refractivity contribution in [2.75, 3.05) is 0 Å². The van der Waals surface area contributed by atoms with Gasteiger partial charge in [0.15, 0.2) is 0 Å². The minimum atomic E-state index is 0. The first kappa shape index (κ1) is 40.2. The van der Waals surface area contributed by atoms with Crippen molar-refractivity contribution in [2.45, 2.75) is 196 Å². The molecule has 238 valence electrons. The van der Waals surface area contributed by atoms with Crippen LogP contribution >= 0.6 is 0 Å². The van der Waals surface area contributed by atoms with Crippen molar-refractivity contribution in [2.24, 2.45) is 0 Å². The molecule has 0 fully saturated rings. The van der Waals surface area contributed by atoms with Crippen LogP contribution in [0.25, 0.3) is 0 Å². The second kappa shape index (κ2) is 28.0. The van der Waals surface area contributed by atoms with E-state index in [1.54, 1.807) is 0 Å². The minimum Gasteiger partial charge on any atom is -0.213 e. The number of hydrogen-bond acceptors (Lipinski definition) is 0. The first-order valence-electron chi connectivity index (χ1n) is 18.2. The van der Waals surface area contributed by atoms with Gasteiger partial charge in [-0.25, -0.2) is 12.1 Å². The Bertz CT molecular complexity index is 667. The smallest absolute Gasteiger partial charge is 0.213 e. The molecule has 0 radical (unpaired) electrons. The van der Waals surface area contributed by atoms with Crippen LogP contribution in [-0.2, 0) is 55.6 Å². The maximum Gasteiger partial charge on any atom is 2.00 e. The summed E-state index contributed by atoms with van der Waals surface area (Å²) in [6, 6.07) is 8.63. The van der Waals surface area contributed by atoms with E-state index in [4.69, 9.17) is 0 Å². The Balaban J connectivity index is 0.00000122. The van der Waals surface area contributed by atoms with Crippen molar-refractivity contribution >= 4 is 0 Å². The first-order valence-corrected chi connectivity index (χ1v) is 18.2. The van der Waals surface area contributed by atoms with Crippen LogP contribution in [0.5, 0.6) is 0 Å². The molecule has 0 unspecified atom stereocenters. The van der Waals surface area contributed by atoms with E-state index < -0.39 is 0 Å². The Morgan fingerprint density at radius 3 is 1.27 bits per heavy atom. The fourth-order valence-corrected chi connectivity index (χ4v) is 6.34. The van der Waals surface area contributed by atoms with Crippen LogP contribution in [0.1, 0.15) is 190 Å². The number of unbranched alkanes of at least 4 members (excludes halogenated alkanes) is 12. The van der Waals surface area contributed by atoms with Crippen LogP contribution in [0.4, 0.5) is 0 Å². The van der Waals surface area contributed by atoms with Crippen molar-refractivity contribution < 1.29 is 17.1 Å². The molecule has 0 N–H and O–H groups in total. The Labute approximate surface area is 269 Å². The molecule has 0 saturated carbocycles. The van der Waals surface area contributed by atoms with Crippen molar-refractivity contribution in [3.8, 4) is 0 Å². The third-order valence-corrected chi connectivity index (χ3v) is 8.77. The van der Waals surface area contributed by atoms with Gasteiger partial charge in [0.2, 0.25) is 0 Å². The molecule has 1 heteroatoms. The Kier molecular flexibility index (Phi) is 27.5. The molecule has 0 aliphatic rings. The molecule has 0 aromatic heterocycles. The summed E-state index contributed by atoms with van der Waals surface area (Å²) in [5, 5.41) is 0. The van der Waals surface area contributed by atoms with Gasteiger partial charge >= 0.3 is 17.1 Å². The predicted octanol–water partition coefficient (Wildman–Crippen LogP) is 13.2. The van der Waals surface area contributed by atoms with E-state index in [1.807, 2.05) is 27.8 Å². The van der Waals surface area contributed by atoms with Gasteiger partial charge < -0.3 is 0 Å². The van der Waals surface area contributed by atoms with Crippen LogP contribution in [0.15, 0.2) is 24.3 Å². The molecule has 0 spiro atoms. The molecule has 0 aliphatic carbocycles. The molecule has 0 nitrogen and oxygen atoms in total. The van der Waals surface area contributed by atoms with Gasteiger partial charge in [-0.3, -0.25) is 0 Å². The minimum absolute atomic E-state index is 0. The van der Waals surface area contributed by atoms with E-state index in [0.29, 0.717) is 0 Å². The maximum absolute atomic E-state index is 2.35. The summed E-state index contributed by atoms with van der Waals surface area (Å²) in [4.78, 5) is 0. The van der Waals surface area contributed by atoms with Crippen LogP contribution in [0.3, 0.4) is 0 Å². The third-order valence-electron chi connectivity index (χ3n) is 8.77. The molecule has 0 saturated heterocycles. The second-order valence-electron chi connectivity index (χ2n) is 12.4. The zero-order valence-electron chi connectivity index (χ0n) is 28.6. The van der Waals surface area contributed by atoms with Gasteiger partial charge in [0.1, 0.15) is 0 Å². The second-order valence-corrected chi connectivity index (χ2v) is 12.4. The van der Waals surface area contributed by atoms with E-state index in [-0.39, 0.29) is 17.1 Å². The van der Waals surface area contributed by atoms with Crippen LogP contribution < -0.4 is 0 Å². The van der Waals surface area contributed by atoms with Crippen molar-refractivity contribution in [1.29, 1.82) is 0 Å². The van der Waals surface area contributed by atoms with Gasteiger partial charge in [-0.2, -0.15) is 45.5 Å². The summed E-state index contributed by atoms with van der Waals surface area (Å²) < 4.78 is 0. The van der Waals surface area contributed by atoms with Gasteiger partial charge in [-0.05, 0) is 0 Å². The first-order chi connectivity index (χ1) is 19.7. The molecule has 0 heterocycles. The summed E-state index contributed by atoms with van der Waals surface area (Å²) in [5.41, 5.74) is 10.7. The average Bonchev–Trinajstić information content (AvgIpc) is 3.57. The van der Waals surface area contributed by atoms with E-state index in [2.05, 4.69) is 65.8 Å². The molecule has 0 bridgehead atoms. The van der Waals surface area contributed by atoms with Gasteiger partial charge in [-0.15, -0.1) is 0 Å². The zero-order chi connectivity index (χ0) is 29.3. The standard InChI is InChI=1S/C30H55.C10H15.Fe/c1-6-11-16-21-26-27(22-17-12-7-2)29(24-19-14-9-4)30(25-20-15-10-5)28(26)23-18-13-8-3;1-2-3-4-7-10-8-5-6-9-10;/h6-25H2,1-5H3;5-6,8-9H,2-4,7H2,1H3;/q2*-1;+2. The zero-order valence-corrected chi connectivity index (χ0v) is 29.7. The Hall–Kier alpha value is -0.781. The van der Waals surface area contributed by atoms with Crippen LogP contribution in [0.2, 0.25) is 0 Å². The molecule has 0 amide bonds. The van der Waals surface area contributed by atoms with Crippen molar-refractivity contribution in [1.82, 2.24) is 0 Å². The summed E-state index contributed by atoms with van der Waals surface area (Å²) in [6.07, 6.45) is 32.7. The topological polar surface area (TPSA) is 0 Å². The monoisotopic (exact) mass is 606 g/mol. The fraction of sp³-hybridized carbons (Fsp3) is 0.750. The van der Waals surface area contributed by atoms with Gasteiger partial charge in [-0.1, -0.05) is 196 Å². The Morgan fingerprint density at radius 1 is 0.488 bits per heavy atom. The fourth-order valence-electron chi connectivity index (χ4n) is 6.34. The number of rotatable bonds is 24. The van der Waals surface area contributed by atoms with Crippen LogP contribution in [-0.4, -0.2) is 0 Å². The molecule has 41 heavy (non-hydrogen) atoms. The largest absolute Gasteiger partial charge is 2.00 e. The number of hydrogen-bond donors (Lipinski definition) is 0. The van der Waals surface area contributed by atoms with Crippen LogP contribution in [0, 0.1) is 0 Å². The van der Waals surface area contributed by atoms with E-state index in [9.17, 15) is 0 Å². The summed E-state index contributed by atoms with van der Waals surface area (Å²) in [7, 11) is 0. The van der Waals surface area contributed by atoms with E-state index in [1.165, 1.54) is 160 Å². The Morgan fingerprint density at radius 2 is 0.878 bits per heavy atom.